The molecule has 1 unspecified atom stereocenters. The second kappa shape index (κ2) is 7.99. The maximum absolute atomic E-state index is 12.0. The molecule has 1 aromatic carbocycles. The van der Waals surface area contributed by atoms with Gasteiger partial charge >= 0.3 is 0 Å². The fourth-order valence-corrected chi connectivity index (χ4v) is 2.48. The van der Waals surface area contributed by atoms with E-state index in [1.54, 1.807) is 18.2 Å². The number of para-hydroxylation sites is 1. The lowest BCUT2D eigenvalue weighted by atomic mass is 9.85. The first-order valence-electron chi connectivity index (χ1n) is 6.84. The number of carbonyl (C=O) groups excluding carboxylic acids is 1. The van der Waals surface area contributed by atoms with Crippen molar-refractivity contribution in [2.24, 2.45) is 5.41 Å². The van der Waals surface area contributed by atoms with Gasteiger partial charge in [0.1, 0.15) is 0 Å². The lowest BCUT2D eigenvalue weighted by molar-refractivity contribution is -0.115. The van der Waals surface area contributed by atoms with Gasteiger partial charge in [-0.3, -0.25) is 4.79 Å². The van der Waals surface area contributed by atoms with Crippen molar-refractivity contribution in [2.75, 3.05) is 18.5 Å². The highest BCUT2D eigenvalue weighted by atomic mass is 35.5. The number of rotatable bonds is 6. The van der Waals surface area contributed by atoms with Crippen LogP contribution in [0.1, 0.15) is 27.2 Å². The molecule has 0 saturated heterocycles. The summed E-state index contributed by atoms with van der Waals surface area (Å²) in [5.41, 5.74) is 0.368. The number of carbonyl (C=O) groups is 1. The Morgan fingerprint density at radius 3 is 2.33 bits per heavy atom. The molecule has 0 heterocycles. The Kier molecular flexibility index (Phi) is 6.94. The number of halogens is 2. The second-order valence-electron chi connectivity index (χ2n) is 5.96. The summed E-state index contributed by atoms with van der Waals surface area (Å²) in [6.45, 7) is 6.38. The summed E-state index contributed by atoms with van der Waals surface area (Å²) in [6.07, 6.45) is 0.587. The van der Waals surface area contributed by atoms with Crippen LogP contribution in [0.3, 0.4) is 0 Å². The van der Waals surface area contributed by atoms with Crippen LogP contribution < -0.4 is 10.6 Å². The molecule has 0 spiro atoms. The molecule has 0 saturated carbocycles. The van der Waals surface area contributed by atoms with E-state index in [9.17, 15) is 4.79 Å². The van der Waals surface area contributed by atoms with Crippen LogP contribution in [-0.2, 0) is 4.79 Å². The van der Waals surface area contributed by atoms with Gasteiger partial charge in [0.25, 0.3) is 0 Å². The van der Waals surface area contributed by atoms with E-state index in [1.165, 1.54) is 0 Å². The fraction of sp³-hybridized carbons (Fsp3) is 0.533. The minimum absolute atomic E-state index is 0.0370. The van der Waals surface area contributed by atoms with Crippen molar-refractivity contribution in [3.8, 4) is 0 Å². The molecule has 1 rings (SSSR count). The Bertz CT molecular complexity index is 467. The predicted octanol–water partition coefficient (Wildman–Crippen LogP) is 3.32. The normalized spacial score (nSPS) is 13.0. The highest BCUT2D eigenvalue weighted by Crippen LogP contribution is 2.29. The Balaban J connectivity index is 2.61. The highest BCUT2D eigenvalue weighted by molar-refractivity contribution is 6.39. The summed E-state index contributed by atoms with van der Waals surface area (Å²) >= 11 is 12.0. The maximum atomic E-state index is 12.0. The summed E-state index contributed by atoms with van der Waals surface area (Å²) in [5, 5.41) is 15.8. The van der Waals surface area contributed by atoms with Crippen molar-refractivity contribution < 1.29 is 9.90 Å². The average molecular weight is 333 g/mol. The second-order valence-corrected chi connectivity index (χ2v) is 6.77. The third-order valence-electron chi connectivity index (χ3n) is 3.20. The molecular weight excluding hydrogens is 311 g/mol. The van der Waals surface area contributed by atoms with Crippen LogP contribution in [0, 0.1) is 5.41 Å². The van der Waals surface area contributed by atoms with Crippen molar-refractivity contribution in [1.82, 2.24) is 5.32 Å². The minimum atomic E-state index is -0.225. The number of benzene rings is 1. The zero-order chi connectivity index (χ0) is 16.0. The quantitative estimate of drug-likeness (QED) is 0.748. The summed E-state index contributed by atoms with van der Waals surface area (Å²) in [6, 6.07) is 5.09. The van der Waals surface area contributed by atoms with E-state index in [2.05, 4.69) is 31.4 Å². The molecule has 3 N–H and O–H groups in total. The Labute approximate surface area is 135 Å². The van der Waals surface area contributed by atoms with Gasteiger partial charge in [0, 0.05) is 12.6 Å². The predicted molar refractivity (Wildman–Crippen MR) is 88.0 cm³/mol. The first-order valence-corrected chi connectivity index (χ1v) is 7.59. The SMILES string of the molecule is CC(C)(C)C(CCO)NCC(=O)Nc1c(Cl)cccc1Cl. The lowest BCUT2D eigenvalue weighted by Gasteiger charge is -2.31. The van der Waals surface area contributed by atoms with E-state index >= 15 is 0 Å². The number of hydrogen-bond donors (Lipinski definition) is 3. The molecule has 0 fully saturated rings. The van der Waals surface area contributed by atoms with E-state index < -0.39 is 0 Å². The number of anilines is 1. The van der Waals surface area contributed by atoms with Gasteiger partial charge in [-0.15, -0.1) is 0 Å². The number of nitrogens with one attached hydrogen (secondary N) is 2. The summed E-state index contributed by atoms with van der Waals surface area (Å²) in [5.74, 6) is -0.225. The number of hydrogen-bond acceptors (Lipinski definition) is 3. The number of aliphatic hydroxyl groups is 1. The third kappa shape index (κ3) is 5.83. The van der Waals surface area contributed by atoms with Crippen molar-refractivity contribution in [3.63, 3.8) is 0 Å². The third-order valence-corrected chi connectivity index (χ3v) is 3.83. The van der Waals surface area contributed by atoms with Crippen molar-refractivity contribution >= 4 is 34.8 Å². The lowest BCUT2D eigenvalue weighted by Crippen LogP contribution is -2.44. The van der Waals surface area contributed by atoms with Gasteiger partial charge in [0.05, 0.1) is 22.3 Å². The molecule has 0 aliphatic rings. The van der Waals surface area contributed by atoms with Crippen molar-refractivity contribution in [2.45, 2.75) is 33.2 Å². The first-order chi connectivity index (χ1) is 9.75. The van der Waals surface area contributed by atoms with Crippen LogP contribution in [0.2, 0.25) is 10.0 Å². The van der Waals surface area contributed by atoms with Crippen LogP contribution in [0.15, 0.2) is 18.2 Å². The van der Waals surface area contributed by atoms with E-state index in [4.69, 9.17) is 28.3 Å². The molecule has 0 aliphatic carbocycles. The molecule has 1 atom stereocenters. The molecule has 0 radical (unpaired) electrons. The van der Waals surface area contributed by atoms with E-state index in [0.29, 0.717) is 22.2 Å². The molecule has 0 aliphatic heterocycles. The van der Waals surface area contributed by atoms with Crippen LogP contribution in [0.5, 0.6) is 0 Å². The van der Waals surface area contributed by atoms with Gasteiger partial charge in [-0.1, -0.05) is 50.0 Å². The maximum Gasteiger partial charge on any atom is 0.238 e. The molecule has 1 amide bonds. The Hall–Kier alpha value is -0.810. The van der Waals surface area contributed by atoms with E-state index in [0.717, 1.165) is 0 Å². The standard InChI is InChI=1S/C15H22Cl2N2O2/c1-15(2,3)12(7-8-20)18-9-13(21)19-14-10(16)5-4-6-11(14)17/h4-6,12,18,20H,7-9H2,1-3H3,(H,19,21). The molecule has 1 aromatic rings. The smallest absolute Gasteiger partial charge is 0.238 e. The molecular formula is C15H22Cl2N2O2. The largest absolute Gasteiger partial charge is 0.396 e. The molecule has 0 bridgehead atoms. The average Bonchev–Trinajstić information content (AvgIpc) is 2.37. The summed E-state index contributed by atoms with van der Waals surface area (Å²) < 4.78 is 0. The molecule has 118 valence electrons. The zero-order valence-corrected chi connectivity index (χ0v) is 14.1. The van der Waals surface area contributed by atoms with Gasteiger partial charge in [0.2, 0.25) is 5.91 Å². The van der Waals surface area contributed by atoms with Crippen molar-refractivity contribution in [3.05, 3.63) is 28.2 Å². The van der Waals surface area contributed by atoms with E-state index in [-0.39, 0.29) is 30.5 Å². The number of amides is 1. The van der Waals surface area contributed by atoms with Gasteiger partial charge in [-0.05, 0) is 24.0 Å². The van der Waals surface area contributed by atoms with Crippen LogP contribution in [0.25, 0.3) is 0 Å². The van der Waals surface area contributed by atoms with Crippen molar-refractivity contribution in [1.29, 1.82) is 0 Å². The van der Waals surface area contributed by atoms with Gasteiger partial charge < -0.3 is 15.7 Å². The highest BCUT2D eigenvalue weighted by Gasteiger charge is 2.24. The fourth-order valence-electron chi connectivity index (χ4n) is 1.99. The summed E-state index contributed by atoms with van der Waals surface area (Å²) in [7, 11) is 0. The van der Waals surface area contributed by atoms with Gasteiger partial charge in [-0.25, -0.2) is 0 Å². The topological polar surface area (TPSA) is 61.4 Å². The molecule has 0 aromatic heterocycles. The minimum Gasteiger partial charge on any atom is -0.396 e. The van der Waals surface area contributed by atoms with Crippen LogP contribution in [-0.4, -0.2) is 30.2 Å². The van der Waals surface area contributed by atoms with Gasteiger partial charge in [0.15, 0.2) is 0 Å². The Morgan fingerprint density at radius 1 is 1.29 bits per heavy atom. The Morgan fingerprint density at radius 2 is 1.86 bits per heavy atom. The zero-order valence-electron chi connectivity index (χ0n) is 12.5. The monoisotopic (exact) mass is 332 g/mol. The molecule has 21 heavy (non-hydrogen) atoms. The van der Waals surface area contributed by atoms with Crippen LogP contribution >= 0.6 is 23.2 Å². The molecule has 4 nitrogen and oxygen atoms in total. The first kappa shape index (κ1) is 18.2. The van der Waals surface area contributed by atoms with Gasteiger partial charge in [-0.2, -0.15) is 0 Å². The van der Waals surface area contributed by atoms with E-state index in [1.807, 2.05) is 0 Å². The van der Waals surface area contributed by atoms with Crippen LogP contribution in [0.4, 0.5) is 5.69 Å². The summed E-state index contributed by atoms with van der Waals surface area (Å²) in [4.78, 5) is 12.0. The molecule has 6 heteroatoms. The number of aliphatic hydroxyl groups excluding tert-OH is 1.